The molecule has 0 saturated heterocycles. The van der Waals surface area contributed by atoms with Gasteiger partial charge in [-0.25, -0.2) is 4.79 Å². The van der Waals surface area contributed by atoms with E-state index in [1.165, 1.54) is 20.4 Å². The number of rotatable bonds is 10. The second kappa shape index (κ2) is 9.79. The quantitative estimate of drug-likeness (QED) is 0.260. The molecule has 1 N–H and O–H groups in total. The van der Waals surface area contributed by atoms with Crippen LogP contribution in [0.1, 0.15) is 11.1 Å². The molecule has 0 amide bonds. The van der Waals surface area contributed by atoms with Gasteiger partial charge in [-0.15, -0.1) is 22.7 Å². The number of fused-ring (bicyclic) bond motifs is 3. The molecule has 1 unspecified atom stereocenters. The van der Waals surface area contributed by atoms with Crippen molar-refractivity contribution in [2.75, 3.05) is 6.61 Å². The van der Waals surface area contributed by atoms with Crippen molar-refractivity contribution in [2.45, 2.75) is 25.7 Å². The predicted octanol–water partition coefficient (Wildman–Crippen LogP) is 6.21. The summed E-state index contributed by atoms with van der Waals surface area (Å²) in [6.07, 6.45) is -0.592. The Morgan fingerprint density at radius 2 is 1.55 bits per heavy atom. The van der Waals surface area contributed by atoms with E-state index in [1.807, 2.05) is 54.6 Å². The summed E-state index contributed by atoms with van der Waals surface area (Å²) in [6, 6.07) is 21.5. The first-order chi connectivity index (χ1) is 16.2. The highest BCUT2D eigenvalue weighted by Gasteiger charge is 2.19. The summed E-state index contributed by atoms with van der Waals surface area (Å²) in [5.74, 6) is -0.189. The van der Waals surface area contributed by atoms with E-state index in [0.717, 1.165) is 23.4 Å². The minimum atomic E-state index is -0.960. The molecule has 0 aliphatic carbocycles. The van der Waals surface area contributed by atoms with E-state index in [4.69, 9.17) is 9.47 Å². The van der Waals surface area contributed by atoms with Gasteiger partial charge in [0.25, 0.3) is 0 Å². The number of aromatic nitrogens is 1. The third kappa shape index (κ3) is 4.80. The Bertz CT molecular complexity index is 1300. The van der Waals surface area contributed by atoms with E-state index in [0.29, 0.717) is 13.0 Å². The minimum Gasteiger partial charge on any atom is -0.492 e. The van der Waals surface area contributed by atoms with Gasteiger partial charge in [-0.1, -0.05) is 42.5 Å². The van der Waals surface area contributed by atoms with Crippen LogP contribution in [0.4, 0.5) is 0 Å². The van der Waals surface area contributed by atoms with Crippen molar-refractivity contribution < 1.29 is 19.4 Å². The normalized spacial score (nSPS) is 12.4. The smallest absolute Gasteiger partial charge is 0.333 e. The molecule has 0 bridgehead atoms. The van der Waals surface area contributed by atoms with Crippen LogP contribution in [0.5, 0.6) is 5.75 Å². The third-order valence-corrected chi connectivity index (χ3v) is 7.44. The van der Waals surface area contributed by atoms with Gasteiger partial charge in [-0.2, -0.15) is 0 Å². The number of hydrogen-bond donors (Lipinski definition) is 1. The van der Waals surface area contributed by atoms with Crippen LogP contribution in [-0.4, -0.2) is 28.4 Å². The standard InChI is InChI=1S/C26H23NO4S2/c28-26(29)23(31-17-19-4-2-1-3-5-19)16-18-6-8-20(9-7-18)30-13-12-27-24-21(10-14-32-24)22-11-15-33-25(22)27/h1-11,14-15,23H,12-13,16-17H2,(H,28,29). The van der Waals surface area contributed by atoms with Crippen LogP contribution in [-0.2, 0) is 29.1 Å². The summed E-state index contributed by atoms with van der Waals surface area (Å²) in [5.41, 5.74) is 1.85. The number of aliphatic carboxylic acids is 1. The van der Waals surface area contributed by atoms with E-state index in [1.54, 1.807) is 22.7 Å². The predicted molar refractivity (Wildman–Crippen MR) is 133 cm³/mol. The third-order valence-electron chi connectivity index (χ3n) is 5.57. The molecule has 0 aliphatic rings. The molecule has 0 saturated carbocycles. The number of hydrogen-bond acceptors (Lipinski definition) is 5. The monoisotopic (exact) mass is 477 g/mol. The second-order valence-electron chi connectivity index (χ2n) is 7.75. The van der Waals surface area contributed by atoms with Crippen molar-refractivity contribution in [3.63, 3.8) is 0 Å². The van der Waals surface area contributed by atoms with Gasteiger partial charge >= 0.3 is 5.97 Å². The van der Waals surface area contributed by atoms with Gasteiger partial charge in [0.1, 0.15) is 22.0 Å². The Hall–Kier alpha value is -3.13. The molecule has 0 radical (unpaired) electrons. The highest BCUT2D eigenvalue weighted by molar-refractivity contribution is 7.19. The minimum absolute atomic E-state index is 0.271. The summed E-state index contributed by atoms with van der Waals surface area (Å²) in [4.78, 5) is 14.2. The van der Waals surface area contributed by atoms with Crippen LogP contribution in [0.15, 0.2) is 77.5 Å². The zero-order valence-corrected chi connectivity index (χ0v) is 19.5. The molecule has 0 fully saturated rings. The fraction of sp³-hybridized carbons (Fsp3) is 0.192. The van der Waals surface area contributed by atoms with Crippen LogP contribution < -0.4 is 4.74 Å². The molecule has 5 nitrogen and oxygen atoms in total. The summed E-state index contributed by atoms with van der Waals surface area (Å²) in [7, 11) is 0. The van der Waals surface area contributed by atoms with E-state index < -0.39 is 12.1 Å². The number of thiophene rings is 2. The van der Waals surface area contributed by atoms with E-state index >= 15 is 0 Å². The zero-order valence-electron chi connectivity index (χ0n) is 17.8. The van der Waals surface area contributed by atoms with E-state index in [-0.39, 0.29) is 6.61 Å². The number of carboxylic acid groups (broad SMARTS) is 1. The van der Waals surface area contributed by atoms with Crippen molar-refractivity contribution in [1.29, 1.82) is 0 Å². The van der Waals surface area contributed by atoms with Crippen LogP contribution in [0.25, 0.3) is 20.4 Å². The largest absolute Gasteiger partial charge is 0.492 e. The lowest BCUT2D eigenvalue weighted by molar-refractivity contribution is -0.151. The Morgan fingerprint density at radius 1 is 0.879 bits per heavy atom. The molecule has 1 atom stereocenters. The Balaban J connectivity index is 1.17. The zero-order chi connectivity index (χ0) is 22.6. The molecule has 5 aromatic rings. The van der Waals surface area contributed by atoms with Gasteiger partial charge in [-0.05, 0) is 46.2 Å². The lowest BCUT2D eigenvalue weighted by Gasteiger charge is -2.14. The van der Waals surface area contributed by atoms with Gasteiger partial charge in [0.2, 0.25) is 0 Å². The maximum atomic E-state index is 11.6. The van der Waals surface area contributed by atoms with Gasteiger partial charge in [0.05, 0.1) is 13.2 Å². The van der Waals surface area contributed by atoms with Crippen molar-refractivity contribution in [3.05, 3.63) is 88.6 Å². The Morgan fingerprint density at radius 3 is 2.18 bits per heavy atom. The number of carbonyl (C=O) groups is 1. The molecule has 3 aromatic heterocycles. The first kappa shape index (κ1) is 21.7. The molecule has 7 heteroatoms. The highest BCUT2D eigenvalue weighted by Crippen LogP contribution is 2.35. The molecule has 33 heavy (non-hydrogen) atoms. The first-order valence-electron chi connectivity index (χ1n) is 10.7. The number of nitrogens with zero attached hydrogens (tertiary/aromatic N) is 1. The van der Waals surface area contributed by atoms with E-state index in [2.05, 4.69) is 27.5 Å². The van der Waals surface area contributed by atoms with Gasteiger partial charge in [-0.3, -0.25) is 0 Å². The molecule has 5 rings (SSSR count). The summed E-state index contributed by atoms with van der Waals surface area (Å²) >= 11 is 3.51. The molecule has 2 aromatic carbocycles. The molecule has 0 spiro atoms. The van der Waals surface area contributed by atoms with Crippen molar-refractivity contribution in [1.82, 2.24) is 4.57 Å². The topological polar surface area (TPSA) is 60.7 Å². The molecule has 3 heterocycles. The van der Waals surface area contributed by atoms with Crippen LogP contribution in [0.2, 0.25) is 0 Å². The van der Waals surface area contributed by atoms with Crippen LogP contribution >= 0.6 is 22.7 Å². The maximum Gasteiger partial charge on any atom is 0.333 e. The lowest BCUT2D eigenvalue weighted by atomic mass is 10.1. The second-order valence-corrected chi connectivity index (χ2v) is 9.54. The number of benzene rings is 2. The molecule has 0 aliphatic heterocycles. The van der Waals surface area contributed by atoms with Crippen molar-refractivity contribution in [3.8, 4) is 5.75 Å². The first-order valence-corrected chi connectivity index (χ1v) is 12.5. The van der Waals surface area contributed by atoms with Crippen LogP contribution in [0, 0.1) is 0 Å². The summed E-state index contributed by atoms with van der Waals surface area (Å²) in [6.45, 7) is 1.61. The van der Waals surface area contributed by atoms with Crippen molar-refractivity contribution in [2.24, 2.45) is 0 Å². The number of ether oxygens (including phenoxy) is 2. The Kier molecular flexibility index (Phi) is 6.44. The highest BCUT2D eigenvalue weighted by atomic mass is 32.1. The Labute approximate surface area is 199 Å². The van der Waals surface area contributed by atoms with Crippen molar-refractivity contribution >= 4 is 49.1 Å². The lowest BCUT2D eigenvalue weighted by Crippen LogP contribution is -2.26. The van der Waals surface area contributed by atoms with Gasteiger partial charge < -0.3 is 19.1 Å². The molecule has 168 valence electrons. The molecular formula is C26H23NO4S2. The molecular weight excluding hydrogens is 454 g/mol. The average Bonchev–Trinajstić information content (AvgIpc) is 3.54. The summed E-state index contributed by atoms with van der Waals surface area (Å²) in [5, 5.41) is 16.4. The summed E-state index contributed by atoms with van der Waals surface area (Å²) < 4.78 is 14.0. The maximum absolute atomic E-state index is 11.6. The van der Waals surface area contributed by atoms with E-state index in [9.17, 15) is 9.90 Å². The fourth-order valence-corrected chi connectivity index (χ4v) is 5.86. The fourth-order valence-electron chi connectivity index (χ4n) is 3.91. The van der Waals surface area contributed by atoms with Gasteiger partial charge in [0.15, 0.2) is 6.10 Å². The average molecular weight is 478 g/mol. The van der Waals surface area contributed by atoms with Crippen LogP contribution in [0.3, 0.4) is 0 Å². The SMILES string of the molecule is O=C(O)C(Cc1ccc(OCCn2c3sccc3c3ccsc32)cc1)OCc1ccccc1. The number of carboxylic acids is 1. The van der Waals surface area contributed by atoms with Gasteiger partial charge in [0, 0.05) is 17.2 Å².